The Morgan fingerprint density at radius 1 is 0.968 bits per heavy atom. The highest BCUT2D eigenvalue weighted by atomic mass is 79.9. The van der Waals surface area contributed by atoms with Gasteiger partial charge in [0.25, 0.3) is 0 Å². The number of benzene rings is 2. The minimum absolute atomic E-state index is 0.151. The van der Waals surface area contributed by atoms with Crippen LogP contribution in [0.4, 0.5) is 5.69 Å². The topological polar surface area (TPSA) is 61.5 Å². The summed E-state index contributed by atoms with van der Waals surface area (Å²) in [5, 5.41) is 14.4. The van der Waals surface area contributed by atoms with Crippen molar-refractivity contribution in [2.45, 2.75) is 12.1 Å². The lowest BCUT2D eigenvalue weighted by Crippen LogP contribution is -2.29. The molecular formula is C24H18BrN3O2S. The second-order valence-electron chi connectivity index (χ2n) is 7.19. The van der Waals surface area contributed by atoms with E-state index in [9.17, 15) is 5.11 Å². The number of halogens is 1. The Morgan fingerprint density at radius 3 is 2.48 bits per heavy atom. The highest BCUT2D eigenvalue weighted by molar-refractivity contribution is 9.10. The molecule has 5 nitrogen and oxygen atoms in total. The molecule has 154 valence electrons. The number of aromatic nitrogens is 1. The summed E-state index contributed by atoms with van der Waals surface area (Å²) in [6.45, 7) is 0. The lowest BCUT2D eigenvalue weighted by molar-refractivity contribution is 0.434. The third-order valence-electron chi connectivity index (χ3n) is 5.29. The van der Waals surface area contributed by atoms with Crippen LogP contribution >= 0.6 is 28.1 Å². The van der Waals surface area contributed by atoms with Gasteiger partial charge in [-0.3, -0.25) is 4.98 Å². The third-order valence-corrected chi connectivity index (χ3v) is 6.13. The molecule has 7 heteroatoms. The van der Waals surface area contributed by atoms with Crippen molar-refractivity contribution in [1.29, 1.82) is 0 Å². The van der Waals surface area contributed by atoms with Gasteiger partial charge in [-0.25, -0.2) is 0 Å². The molecule has 0 aliphatic carbocycles. The smallest absolute Gasteiger partial charge is 0.174 e. The van der Waals surface area contributed by atoms with E-state index in [1.165, 1.54) is 0 Å². The van der Waals surface area contributed by atoms with Crippen LogP contribution < -0.4 is 10.2 Å². The lowest BCUT2D eigenvalue weighted by atomic mass is 10.0. The highest BCUT2D eigenvalue weighted by Crippen LogP contribution is 2.45. The molecule has 1 fully saturated rings. The summed E-state index contributed by atoms with van der Waals surface area (Å²) < 4.78 is 7.33. The minimum atomic E-state index is -0.320. The number of aromatic hydroxyl groups is 1. The predicted octanol–water partition coefficient (Wildman–Crippen LogP) is 5.99. The van der Waals surface area contributed by atoms with Crippen LogP contribution in [-0.2, 0) is 0 Å². The number of hydrogen-bond donors (Lipinski definition) is 2. The van der Waals surface area contributed by atoms with Crippen molar-refractivity contribution in [3.05, 3.63) is 101 Å². The Bertz CT molecular complexity index is 1230. The fourth-order valence-electron chi connectivity index (χ4n) is 3.85. The number of nitrogens with zero attached hydrogens (tertiary/aromatic N) is 2. The molecule has 2 aromatic heterocycles. The molecular weight excluding hydrogens is 474 g/mol. The van der Waals surface area contributed by atoms with Gasteiger partial charge in [-0.1, -0.05) is 46.3 Å². The van der Waals surface area contributed by atoms with Gasteiger partial charge in [-0.2, -0.15) is 0 Å². The lowest BCUT2D eigenvalue weighted by Gasteiger charge is -2.26. The van der Waals surface area contributed by atoms with Crippen LogP contribution in [0.5, 0.6) is 5.75 Å². The molecule has 0 spiro atoms. The number of furan rings is 1. The highest BCUT2D eigenvalue weighted by Gasteiger charge is 2.43. The molecule has 0 radical (unpaired) electrons. The first-order valence-electron chi connectivity index (χ1n) is 9.76. The number of phenols is 1. The van der Waals surface area contributed by atoms with Gasteiger partial charge in [-0.05, 0) is 60.7 Å². The summed E-state index contributed by atoms with van der Waals surface area (Å²) >= 11 is 9.15. The van der Waals surface area contributed by atoms with E-state index in [0.717, 1.165) is 27.3 Å². The van der Waals surface area contributed by atoms with Crippen LogP contribution in [0.1, 0.15) is 23.5 Å². The third kappa shape index (κ3) is 3.71. The largest absolute Gasteiger partial charge is 0.506 e. The number of thiocarbonyl (C=S) groups is 1. The van der Waals surface area contributed by atoms with E-state index >= 15 is 0 Å². The zero-order chi connectivity index (χ0) is 21.4. The minimum Gasteiger partial charge on any atom is -0.506 e. The second-order valence-corrected chi connectivity index (χ2v) is 8.50. The maximum atomic E-state index is 10.5. The maximum absolute atomic E-state index is 10.5. The van der Waals surface area contributed by atoms with Crippen molar-refractivity contribution in [3.63, 3.8) is 0 Å². The number of anilines is 1. The zero-order valence-corrected chi connectivity index (χ0v) is 18.7. The van der Waals surface area contributed by atoms with Gasteiger partial charge in [0.15, 0.2) is 5.11 Å². The molecule has 31 heavy (non-hydrogen) atoms. The molecule has 2 N–H and O–H groups in total. The predicted molar refractivity (Wildman–Crippen MR) is 128 cm³/mol. The molecule has 4 aromatic rings. The van der Waals surface area contributed by atoms with E-state index in [4.69, 9.17) is 16.6 Å². The molecule has 0 amide bonds. The first-order chi connectivity index (χ1) is 15.1. The van der Waals surface area contributed by atoms with Gasteiger partial charge >= 0.3 is 0 Å². The Balaban J connectivity index is 1.61. The van der Waals surface area contributed by atoms with E-state index in [-0.39, 0.29) is 17.8 Å². The van der Waals surface area contributed by atoms with Gasteiger partial charge in [0.1, 0.15) is 23.3 Å². The second kappa shape index (κ2) is 8.17. The fourth-order valence-corrected chi connectivity index (χ4v) is 4.46. The van der Waals surface area contributed by atoms with E-state index in [1.807, 2.05) is 71.6 Å². The molecule has 1 aliphatic rings. The van der Waals surface area contributed by atoms with Crippen LogP contribution in [0.2, 0.25) is 0 Å². The van der Waals surface area contributed by atoms with Crippen LogP contribution in [0, 0.1) is 0 Å². The number of hydrogen-bond acceptors (Lipinski definition) is 4. The van der Waals surface area contributed by atoms with Crippen LogP contribution in [-0.4, -0.2) is 15.2 Å². The van der Waals surface area contributed by atoms with Crippen LogP contribution in [0.25, 0.3) is 11.3 Å². The molecule has 1 saturated heterocycles. The van der Waals surface area contributed by atoms with Gasteiger partial charge < -0.3 is 19.7 Å². The molecule has 2 aromatic carbocycles. The quantitative estimate of drug-likeness (QED) is 0.342. The summed E-state index contributed by atoms with van der Waals surface area (Å²) in [4.78, 5) is 6.44. The van der Waals surface area contributed by atoms with Crippen molar-refractivity contribution in [3.8, 4) is 17.1 Å². The van der Waals surface area contributed by atoms with Crippen molar-refractivity contribution >= 4 is 38.9 Å². The van der Waals surface area contributed by atoms with E-state index in [1.54, 1.807) is 18.3 Å². The van der Waals surface area contributed by atoms with Gasteiger partial charge in [0.2, 0.25) is 0 Å². The van der Waals surface area contributed by atoms with E-state index in [0.29, 0.717) is 10.8 Å². The van der Waals surface area contributed by atoms with Crippen molar-refractivity contribution in [2.75, 3.05) is 4.90 Å². The number of phenolic OH excluding ortho intramolecular Hbond substituents is 1. The van der Waals surface area contributed by atoms with E-state index < -0.39 is 0 Å². The monoisotopic (exact) mass is 491 g/mol. The fraction of sp³-hybridized carbons (Fsp3) is 0.0833. The zero-order valence-electron chi connectivity index (χ0n) is 16.3. The summed E-state index contributed by atoms with van der Waals surface area (Å²) in [6.07, 6.45) is 1.76. The SMILES string of the molecule is Oc1ccccc1N1C(=S)N[C@H](c2ccccn2)[C@H]1c1ccc(-c2ccc(Br)cc2)o1. The van der Waals surface area contributed by atoms with Crippen LogP contribution in [0.3, 0.4) is 0 Å². The molecule has 3 heterocycles. The molecule has 5 rings (SSSR count). The molecule has 0 saturated carbocycles. The Morgan fingerprint density at radius 2 is 1.74 bits per heavy atom. The average Bonchev–Trinajstić information content (AvgIpc) is 3.40. The Kier molecular flexibility index (Phi) is 5.21. The molecule has 0 bridgehead atoms. The van der Waals surface area contributed by atoms with Crippen molar-refractivity contribution < 1.29 is 9.52 Å². The maximum Gasteiger partial charge on any atom is 0.174 e. The Hall–Kier alpha value is -3.16. The van der Waals surface area contributed by atoms with Crippen LogP contribution in [0.15, 0.2) is 93.9 Å². The molecule has 2 atom stereocenters. The first kappa shape index (κ1) is 19.8. The van der Waals surface area contributed by atoms with Gasteiger partial charge in [0.05, 0.1) is 17.4 Å². The first-order valence-corrected chi connectivity index (χ1v) is 11.0. The van der Waals surface area contributed by atoms with Crippen molar-refractivity contribution in [1.82, 2.24) is 10.3 Å². The van der Waals surface area contributed by atoms with E-state index in [2.05, 4.69) is 26.2 Å². The standard InChI is InChI=1S/C24H18BrN3O2S/c25-16-10-8-15(9-11-16)20-12-13-21(30-20)23-22(17-5-3-4-14-26-17)27-24(31)28(23)18-6-1-2-7-19(18)29/h1-14,22-23,29H,(H,27,31)/t22-,23-/m1/s1. The summed E-state index contributed by atoms with van der Waals surface area (Å²) in [6, 6.07) is 24.3. The summed E-state index contributed by atoms with van der Waals surface area (Å²) in [7, 11) is 0. The number of pyridine rings is 1. The number of para-hydroxylation sites is 2. The number of rotatable bonds is 4. The molecule has 1 aliphatic heterocycles. The number of nitrogens with one attached hydrogen (secondary N) is 1. The molecule has 0 unspecified atom stereocenters. The normalized spacial score (nSPS) is 18.2. The average molecular weight is 492 g/mol. The Labute approximate surface area is 193 Å². The summed E-state index contributed by atoms with van der Waals surface area (Å²) in [5.74, 6) is 1.64. The van der Waals surface area contributed by atoms with Crippen molar-refractivity contribution in [2.24, 2.45) is 0 Å². The van der Waals surface area contributed by atoms with Gasteiger partial charge in [0, 0.05) is 16.2 Å². The summed E-state index contributed by atoms with van der Waals surface area (Å²) in [5.41, 5.74) is 2.44. The van der Waals surface area contributed by atoms with Gasteiger partial charge in [-0.15, -0.1) is 0 Å².